The van der Waals surface area contributed by atoms with Crippen LogP contribution in [0.5, 0.6) is 0 Å². The topological polar surface area (TPSA) is 3.88 Å². The van der Waals surface area contributed by atoms with E-state index in [9.17, 15) is 0 Å². The SMILES string of the molecule is Cc1ccc2c(sc3c(-c4ccc(-c5ccccc5)cc4)c(F)c[c]([Ge]([CH3])([CH3])[CH3])c32)c1-c1cccc[n+]1C. The summed E-state index contributed by atoms with van der Waals surface area (Å²) in [7, 11) is 2.09. The van der Waals surface area contributed by atoms with Gasteiger partial charge in [-0.25, -0.2) is 0 Å². The van der Waals surface area contributed by atoms with Crippen LogP contribution in [0.4, 0.5) is 4.39 Å². The van der Waals surface area contributed by atoms with Gasteiger partial charge in [0.2, 0.25) is 0 Å². The number of thiophene rings is 1. The maximum atomic E-state index is 16.1. The van der Waals surface area contributed by atoms with Crippen molar-refractivity contribution in [2.75, 3.05) is 0 Å². The van der Waals surface area contributed by atoms with Gasteiger partial charge in [0.15, 0.2) is 0 Å². The van der Waals surface area contributed by atoms with Gasteiger partial charge in [-0.2, -0.15) is 0 Å². The first-order valence-electron chi connectivity index (χ1n) is 13.0. The quantitative estimate of drug-likeness (QED) is 0.146. The van der Waals surface area contributed by atoms with Gasteiger partial charge >= 0.3 is 231 Å². The van der Waals surface area contributed by atoms with E-state index < -0.39 is 13.3 Å². The van der Waals surface area contributed by atoms with Crippen LogP contribution in [0.3, 0.4) is 0 Å². The maximum absolute atomic E-state index is 16.1. The molecule has 38 heavy (non-hydrogen) atoms. The molecule has 188 valence electrons. The standard InChI is InChI=1S/C34H31FGeNS/c1-22-14-19-26-32-28(36(2,3)4)21-27(35)31(25-17-15-24(16-18-25)23-11-7-6-8-12-23)34(32)38-33(26)30(22)29-13-9-10-20-37(29)5/h6-21H,1-5H3/q+1. The number of nitrogens with zero attached hydrogens (tertiary/aromatic N) is 1. The van der Waals surface area contributed by atoms with Crippen LogP contribution < -0.4 is 8.96 Å². The van der Waals surface area contributed by atoms with Crippen molar-refractivity contribution in [3.05, 3.63) is 109 Å². The Morgan fingerprint density at radius 2 is 1.37 bits per heavy atom. The Labute approximate surface area is 230 Å². The normalized spacial score (nSPS) is 11.9. The number of rotatable bonds is 4. The van der Waals surface area contributed by atoms with Crippen molar-refractivity contribution < 1.29 is 8.96 Å². The van der Waals surface area contributed by atoms with E-state index in [1.165, 1.54) is 42.3 Å². The zero-order valence-corrected chi connectivity index (χ0v) is 25.4. The molecule has 0 spiro atoms. The third kappa shape index (κ3) is 4.18. The van der Waals surface area contributed by atoms with Crippen molar-refractivity contribution in [3.63, 3.8) is 0 Å². The molecule has 0 bridgehead atoms. The molecule has 6 rings (SSSR count). The van der Waals surface area contributed by atoms with E-state index in [0.717, 1.165) is 21.4 Å². The molecule has 2 aromatic heterocycles. The predicted molar refractivity (Wildman–Crippen MR) is 164 cm³/mol. The molecule has 1 nitrogen and oxygen atoms in total. The van der Waals surface area contributed by atoms with Gasteiger partial charge < -0.3 is 0 Å². The van der Waals surface area contributed by atoms with E-state index in [1.54, 1.807) is 11.3 Å². The Hall–Kier alpha value is -3.28. The molecular weight excluding hydrogens is 546 g/mol. The Morgan fingerprint density at radius 1 is 0.711 bits per heavy atom. The van der Waals surface area contributed by atoms with Crippen molar-refractivity contribution in [3.8, 4) is 33.5 Å². The second-order valence-corrected chi connectivity index (χ2v) is 22.7. The molecule has 0 aliphatic heterocycles. The molecule has 4 heteroatoms. The van der Waals surface area contributed by atoms with Gasteiger partial charge in [0.25, 0.3) is 0 Å². The molecule has 0 aliphatic carbocycles. The van der Waals surface area contributed by atoms with Crippen molar-refractivity contribution >= 4 is 49.2 Å². The Kier molecular flexibility index (Phi) is 6.24. The summed E-state index contributed by atoms with van der Waals surface area (Å²) in [5.74, 6) is 6.96. The predicted octanol–water partition coefficient (Wildman–Crippen LogP) is 8.87. The Balaban J connectivity index is 1.67. The first-order chi connectivity index (χ1) is 18.2. The summed E-state index contributed by atoms with van der Waals surface area (Å²) in [5.41, 5.74) is 7.60. The molecule has 0 aliphatic rings. The van der Waals surface area contributed by atoms with Gasteiger partial charge in [-0.05, 0) is 0 Å². The molecule has 0 atom stereocenters. The summed E-state index contributed by atoms with van der Waals surface area (Å²) in [4.78, 5) is 0. The van der Waals surface area contributed by atoms with Gasteiger partial charge in [0, 0.05) is 0 Å². The van der Waals surface area contributed by atoms with Gasteiger partial charge in [-0.15, -0.1) is 0 Å². The third-order valence-corrected chi connectivity index (χ3v) is 12.9. The van der Waals surface area contributed by atoms with Gasteiger partial charge in [0.1, 0.15) is 0 Å². The summed E-state index contributed by atoms with van der Waals surface area (Å²) in [6.07, 6.45) is 2.09. The average Bonchev–Trinajstić information content (AvgIpc) is 3.28. The van der Waals surface area contributed by atoms with Crippen molar-refractivity contribution in [2.45, 2.75) is 24.2 Å². The van der Waals surface area contributed by atoms with E-state index >= 15 is 4.39 Å². The summed E-state index contributed by atoms with van der Waals surface area (Å²) in [6, 6.07) is 31.4. The molecule has 0 amide bonds. The molecule has 0 saturated carbocycles. The molecule has 0 fully saturated rings. The van der Waals surface area contributed by atoms with E-state index in [1.807, 2.05) is 24.3 Å². The fourth-order valence-corrected chi connectivity index (χ4v) is 10.5. The van der Waals surface area contributed by atoms with Crippen LogP contribution in [0.2, 0.25) is 17.3 Å². The number of hydrogen-bond donors (Lipinski definition) is 0. The molecule has 0 saturated heterocycles. The number of aryl methyl sites for hydroxylation is 2. The van der Waals surface area contributed by atoms with Gasteiger partial charge in [-0.1, -0.05) is 0 Å². The summed E-state index contributed by atoms with van der Waals surface area (Å²) >= 11 is -0.673. The number of aromatic nitrogens is 1. The van der Waals surface area contributed by atoms with Crippen molar-refractivity contribution in [1.82, 2.24) is 0 Å². The van der Waals surface area contributed by atoms with Crippen LogP contribution >= 0.6 is 11.3 Å². The second-order valence-electron chi connectivity index (χ2n) is 11.1. The Morgan fingerprint density at radius 3 is 2.05 bits per heavy atom. The van der Waals surface area contributed by atoms with Crippen molar-refractivity contribution in [2.24, 2.45) is 7.05 Å². The fraction of sp³-hybridized carbons (Fsp3) is 0.147. The Bertz CT molecular complexity index is 1810. The average molecular weight is 577 g/mol. The molecule has 0 N–H and O–H groups in total. The fourth-order valence-electron chi connectivity index (χ4n) is 5.50. The minimum atomic E-state index is -2.42. The number of halogens is 1. The van der Waals surface area contributed by atoms with Gasteiger partial charge in [0.05, 0.1) is 0 Å². The molecule has 2 heterocycles. The summed E-state index contributed by atoms with van der Waals surface area (Å²) in [6.45, 7) is 2.18. The third-order valence-electron chi connectivity index (χ3n) is 7.47. The van der Waals surface area contributed by atoms with Crippen LogP contribution in [-0.2, 0) is 7.05 Å². The van der Waals surface area contributed by atoms with Crippen LogP contribution in [0, 0.1) is 12.7 Å². The number of pyridine rings is 1. The van der Waals surface area contributed by atoms with Crippen LogP contribution in [0.15, 0.2) is 97.2 Å². The zero-order valence-electron chi connectivity index (χ0n) is 22.5. The molecule has 4 aromatic carbocycles. The zero-order chi connectivity index (χ0) is 26.6. The monoisotopic (exact) mass is 578 g/mol. The van der Waals surface area contributed by atoms with Crippen molar-refractivity contribution in [1.29, 1.82) is 0 Å². The second kappa shape index (κ2) is 9.48. The molecule has 6 aromatic rings. The van der Waals surface area contributed by atoms with E-state index in [-0.39, 0.29) is 5.82 Å². The minimum absolute atomic E-state index is 0.115. The van der Waals surface area contributed by atoms with Crippen LogP contribution in [-0.4, -0.2) is 13.3 Å². The first-order valence-corrected chi connectivity index (χ1v) is 21.2. The van der Waals surface area contributed by atoms with Crippen LogP contribution in [0.1, 0.15) is 5.56 Å². The molecule has 0 radical (unpaired) electrons. The number of fused-ring (bicyclic) bond motifs is 3. The summed E-state index contributed by atoms with van der Waals surface area (Å²) < 4.78 is 21.9. The van der Waals surface area contributed by atoms with E-state index in [0.29, 0.717) is 0 Å². The van der Waals surface area contributed by atoms with Crippen LogP contribution in [0.25, 0.3) is 53.7 Å². The summed E-state index contributed by atoms with van der Waals surface area (Å²) in [5, 5.41) is 2.49. The van der Waals surface area contributed by atoms with Gasteiger partial charge in [-0.3, -0.25) is 0 Å². The number of hydrogen-bond acceptors (Lipinski definition) is 1. The molecule has 0 unspecified atom stereocenters. The van der Waals surface area contributed by atoms with E-state index in [2.05, 4.69) is 109 Å². The molecular formula is C34H31FGeNS+. The van der Waals surface area contributed by atoms with E-state index in [4.69, 9.17) is 0 Å². The number of benzene rings is 4. The first kappa shape index (κ1) is 25.0.